The van der Waals surface area contributed by atoms with Crippen LogP contribution in [-0.2, 0) is 0 Å². The van der Waals surface area contributed by atoms with Crippen molar-refractivity contribution in [2.24, 2.45) is 0 Å². The summed E-state index contributed by atoms with van der Waals surface area (Å²) in [6, 6.07) is 7.44. The molecular formula is C14H15BrN2O2. The van der Waals surface area contributed by atoms with E-state index >= 15 is 0 Å². The van der Waals surface area contributed by atoms with Gasteiger partial charge in [-0.25, -0.2) is 0 Å². The average molecular weight is 323 g/mol. The lowest BCUT2D eigenvalue weighted by Gasteiger charge is -2.07. The number of anilines is 1. The molecule has 0 aliphatic heterocycles. The fourth-order valence-corrected chi connectivity index (χ4v) is 2.22. The molecule has 1 amide bonds. The summed E-state index contributed by atoms with van der Waals surface area (Å²) in [5, 5.41) is 6.73. The summed E-state index contributed by atoms with van der Waals surface area (Å²) in [5.74, 6) is 0.537. The Morgan fingerprint density at radius 1 is 1.42 bits per heavy atom. The summed E-state index contributed by atoms with van der Waals surface area (Å²) >= 11 is 3.37. The van der Waals surface area contributed by atoms with Crippen LogP contribution in [0.1, 0.15) is 41.6 Å². The van der Waals surface area contributed by atoms with Gasteiger partial charge in [0.25, 0.3) is 5.91 Å². The van der Waals surface area contributed by atoms with E-state index in [-0.39, 0.29) is 11.8 Å². The molecule has 0 unspecified atom stereocenters. The van der Waals surface area contributed by atoms with Crippen molar-refractivity contribution >= 4 is 27.5 Å². The van der Waals surface area contributed by atoms with Crippen molar-refractivity contribution in [3.05, 3.63) is 45.8 Å². The molecule has 1 aromatic carbocycles. The Balaban J connectivity index is 2.28. The summed E-state index contributed by atoms with van der Waals surface area (Å²) in [6.07, 6.45) is 0. The molecule has 0 aliphatic carbocycles. The number of carbonyl (C=O) groups excluding carboxylic acids is 1. The van der Waals surface area contributed by atoms with Crippen molar-refractivity contribution in [2.75, 3.05) is 5.32 Å². The minimum Gasteiger partial charge on any atom is -0.360 e. The molecule has 1 N–H and O–H groups in total. The minimum absolute atomic E-state index is 0.115. The summed E-state index contributed by atoms with van der Waals surface area (Å²) in [5.41, 5.74) is 1.86. The van der Waals surface area contributed by atoms with Crippen LogP contribution in [0.5, 0.6) is 0 Å². The van der Waals surface area contributed by atoms with Crippen LogP contribution in [0.3, 0.4) is 0 Å². The monoisotopic (exact) mass is 322 g/mol. The van der Waals surface area contributed by atoms with Crippen molar-refractivity contribution in [1.29, 1.82) is 0 Å². The average Bonchev–Trinajstić information content (AvgIpc) is 2.71. The van der Waals surface area contributed by atoms with Gasteiger partial charge in [-0.15, -0.1) is 0 Å². The molecule has 0 saturated carbocycles. The molecule has 2 aromatic rings. The number of carbonyl (C=O) groups is 1. The van der Waals surface area contributed by atoms with Crippen molar-refractivity contribution < 1.29 is 9.32 Å². The van der Waals surface area contributed by atoms with Gasteiger partial charge in [0, 0.05) is 16.1 Å². The maximum absolute atomic E-state index is 12.3. The molecular weight excluding hydrogens is 308 g/mol. The van der Waals surface area contributed by atoms with E-state index in [0.717, 1.165) is 10.2 Å². The molecule has 0 atom stereocenters. The molecule has 0 aliphatic rings. The number of aromatic nitrogens is 1. The number of halogens is 1. The highest BCUT2D eigenvalue weighted by atomic mass is 79.9. The summed E-state index contributed by atoms with van der Waals surface area (Å²) < 4.78 is 6.13. The molecule has 4 nitrogen and oxygen atoms in total. The SMILES string of the molecule is Cc1noc(C(C)C)c1C(=O)Nc1cccc(Br)c1. The Morgan fingerprint density at radius 2 is 2.16 bits per heavy atom. The van der Waals surface area contributed by atoms with Gasteiger partial charge in [-0.3, -0.25) is 4.79 Å². The van der Waals surface area contributed by atoms with Gasteiger partial charge in [-0.1, -0.05) is 41.0 Å². The van der Waals surface area contributed by atoms with Crippen LogP contribution in [0, 0.1) is 6.92 Å². The molecule has 0 saturated heterocycles. The molecule has 100 valence electrons. The Bertz CT molecular complexity index is 605. The van der Waals surface area contributed by atoms with Crippen LogP contribution in [0.2, 0.25) is 0 Å². The number of nitrogens with one attached hydrogen (secondary N) is 1. The van der Waals surface area contributed by atoms with Crippen molar-refractivity contribution in [1.82, 2.24) is 5.16 Å². The van der Waals surface area contributed by atoms with Crippen LogP contribution in [0.25, 0.3) is 0 Å². The predicted molar refractivity (Wildman–Crippen MR) is 77.4 cm³/mol. The molecule has 5 heteroatoms. The molecule has 0 spiro atoms. The van der Waals surface area contributed by atoms with Gasteiger partial charge in [0.15, 0.2) is 5.76 Å². The smallest absolute Gasteiger partial charge is 0.261 e. The molecule has 19 heavy (non-hydrogen) atoms. The van der Waals surface area contributed by atoms with E-state index in [0.29, 0.717) is 17.0 Å². The maximum Gasteiger partial charge on any atom is 0.261 e. The van der Waals surface area contributed by atoms with Crippen molar-refractivity contribution in [3.63, 3.8) is 0 Å². The lowest BCUT2D eigenvalue weighted by Crippen LogP contribution is -2.14. The van der Waals surface area contributed by atoms with Gasteiger partial charge in [0.1, 0.15) is 5.56 Å². The first-order chi connectivity index (χ1) is 8.99. The van der Waals surface area contributed by atoms with Gasteiger partial charge >= 0.3 is 0 Å². The van der Waals surface area contributed by atoms with Gasteiger partial charge in [0.2, 0.25) is 0 Å². The molecule has 0 radical (unpaired) electrons. The summed E-state index contributed by atoms with van der Waals surface area (Å²) in [6.45, 7) is 5.71. The molecule has 2 rings (SSSR count). The Morgan fingerprint density at radius 3 is 2.79 bits per heavy atom. The summed E-state index contributed by atoms with van der Waals surface area (Å²) in [4.78, 5) is 12.3. The van der Waals surface area contributed by atoms with E-state index in [1.807, 2.05) is 38.1 Å². The van der Waals surface area contributed by atoms with E-state index < -0.39 is 0 Å². The number of nitrogens with zero attached hydrogens (tertiary/aromatic N) is 1. The topological polar surface area (TPSA) is 55.1 Å². The number of hydrogen-bond donors (Lipinski definition) is 1. The second-order valence-electron chi connectivity index (χ2n) is 4.63. The van der Waals surface area contributed by atoms with E-state index in [4.69, 9.17) is 4.52 Å². The van der Waals surface area contributed by atoms with Crippen molar-refractivity contribution in [3.8, 4) is 0 Å². The maximum atomic E-state index is 12.3. The van der Waals surface area contributed by atoms with Gasteiger partial charge in [0.05, 0.1) is 5.69 Å². The molecule has 1 aromatic heterocycles. The Hall–Kier alpha value is -1.62. The van der Waals surface area contributed by atoms with Crippen molar-refractivity contribution in [2.45, 2.75) is 26.7 Å². The van der Waals surface area contributed by atoms with E-state index in [9.17, 15) is 4.79 Å². The lowest BCUT2D eigenvalue weighted by atomic mass is 10.0. The molecule has 0 bridgehead atoms. The normalized spacial score (nSPS) is 10.8. The second-order valence-corrected chi connectivity index (χ2v) is 5.54. The Labute approximate surface area is 120 Å². The number of aryl methyl sites for hydroxylation is 1. The zero-order valence-electron chi connectivity index (χ0n) is 11.0. The first-order valence-corrected chi connectivity index (χ1v) is 6.81. The largest absolute Gasteiger partial charge is 0.360 e. The van der Waals surface area contributed by atoms with Crippen LogP contribution in [0.15, 0.2) is 33.3 Å². The molecule has 1 heterocycles. The zero-order chi connectivity index (χ0) is 14.0. The standard InChI is InChI=1S/C14H15BrN2O2/c1-8(2)13-12(9(3)17-19-13)14(18)16-11-6-4-5-10(15)7-11/h4-8H,1-3H3,(H,16,18). The zero-order valence-corrected chi connectivity index (χ0v) is 12.6. The highest BCUT2D eigenvalue weighted by Crippen LogP contribution is 2.24. The first-order valence-electron chi connectivity index (χ1n) is 6.02. The van der Waals surface area contributed by atoms with Crippen LogP contribution in [0.4, 0.5) is 5.69 Å². The highest BCUT2D eigenvalue weighted by Gasteiger charge is 2.22. The number of benzene rings is 1. The second kappa shape index (κ2) is 5.57. The van der Waals surface area contributed by atoms with E-state index in [1.165, 1.54) is 0 Å². The third-order valence-corrected chi connectivity index (χ3v) is 3.22. The summed E-state index contributed by atoms with van der Waals surface area (Å²) in [7, 11) is 0. The van der Waals surface area contributed by atoms with Gasteiger partial charge < -0.3 is 9.84 Å². The molecule has 0 fully saturated rings. The third-order valence-electron chi connectivity index (χ3n) is 2.72. The van der Waals surface area contributed by atoms with Gasteiger partial charge in [-0.2, -0.15) is 0 Å². The van der Waals surface area contributed by atoms with Crippen LogP contribution in [-0.4, -0.2) is 11.1 Å². The Kier molecular flexibility index (Phi) is 4.04. The predicted octanol–water partition coefficient (Wildman–Crippen LogP) is 4.12. The van der Waals surface area contributed by atoms with E-state index in [1.54, 1.807) is 6.92 Å². The quantitative estimate of drug-likeness (QED) is 0.924. The van der Waals surface area contributed by atoms with Crippen LogP contribution < -0.4 is 5.32 Å². The lowest BCUT2D eigenvalue weighted by molar-refractivity contribution is 0.102. The number of amides is 1. The highest BCUT2D eigenvalue weighted by molar-refractivity contribution is 9.10. The first kappa shape index (κ1) is 13.8. The third kappa shape index (κ3) is 3.04. The fraction of sp³-hybridized carbons (Fsp3) is 0.286. The number of hydrogen-bond acceptors (Lipinski definition) is 3. The fourth-order valence-electron chi connectivity index (χ4n) is 1.82. The minimum atomic E-state index is -0.194. The van der Waals surface area contributed by atoms with Gasteiger partial charge in [-0.05, 0) is 25.1 Å². The van der Waals surface area contributed by atoms with E-state index in [2.05, 4.69) is 26.4 Å². The van der Waals surface area contributed by atoms with Crippen LogP contribution >= 0.6 is 15.9 Å². The number of rotatable bonds is 3.